The topological polar surface area (TPSA) is 102 Å². The number of amides is 1. The minimum atomic E-state index is -0.865. The molecule has 1 amide bonds. The van der Waals surface area contributed by atoms with Crippen molar-refractivity contribution in [1.29, 1.82) is 0 Å². The Hall–Kier alpha value is -1.85. The maximum atomic E-state index is 11.8. The number of benzene rings is 1. The molecule has 0 saturated heterocycles. The molecule has 0 spiro atoms. The molecule has 0 saturated carbocycles. The fraction of sp³-hybridized carbons (Fsp3) is 0.167. The molecule has 1 aromatic carbocycles. The predicted molar refractivity (Wildman–Crippen MR) is 70.5 cm³/mol. The van der Waals surface area contributed by atoms with E-state index in [9.17, 15) is 9.59 Å². The molecule has 0 aliphatic heterocycles. The molecule has 0 bridgehead atoms. The van der Waals surface area contributed by atoms with Gasteiger partial charge in [0.15, 0.2) is 0 Å². The van der Waals surface area contributed by atoms with E-state index in [0.29, 0.717) is 16.1 Å². The molecule has 0 aliphatic rings. The molecule has 0 fully saturated rings. The Labute approximate surface area is 108 Å². The van der Waals surface area contributed by atoms with Crippen LogP contribution in [-0.4, -0.2) is 16.9 Å². The van der Waals surface area contributed by atoms with Gasteiger partial charge in [-0.05, 0) is 23.6 Å². The largest absolute Gasteiger partial charge is 0.368 e. The SMILES string of the molecule is NC(=O)C(N)Cc1cc2ccc(Cl)cc2[nH]c1=O. The van der Waals surface area contributed by atoms with Gasteiger partial charge in [-0.1, -0.05) is 17.7 Å². The summed E-state index contributed by atoms with van der Waals surface area (Å²) in [6.07, 6.45) is 0.114. The van der Waals surface area contributed by atoms with E-state index in [1.54, 1.807) is 24.3 Å². The summed E-state index contributed by atoms with van der Waals surface area (Å²) in [5, 5.41) is 1.37. The molecular formula is C12H12ClN3O2. The Morgan fingerprint density at radius 3 is 2.78 bits per heavy atom. The van der Waals surface area contributed by atoms with Gasteiger partial charge < -0.3 is 16.5 Å². The van der Waals surface area contributed by atoms with Crippen LogP contribution in [0.2, 0.25) is 5.02 Å². The Balaban J connectivity index is 2.47. The second-order valence-corrected chi connectivity index (χ2v) is 4.50. The molecule has 1 atom stereocenters. The fourth-order valence-corrected chi connectivity index (χ4v) is 1.88. The van der Waals surface area contributed by atoms with E-state index in [1.165, 1.54) is 0 Å². The van der Waals surface area contributed by atoms with Crippen molar-refractivity contribution in [3.05, 3.63) is 45.2 Å². The number of nitrogens with one attached hydrogen (secondary N) is 1. The molecule has 0 aliphatic carbocycles. The van der Waals surface area contributed by atoms with Crippen molar-refractivity contribution in [1.82, 2.24) is 4.98 Å². The summed E-state index contributed by atoms with van der Waals surface area (Å²) < 4.78 is 0. The lowest BCUT2D eigenvalue weighted by Gasteiger charge is -2.07. The zero-order chi connectivity index (χ0) is 13.3. The number of hydrogen-bond acceptors (Lipinski definition) is 3. The van der Waals surface area contributed by atoms with Gasteiger partial charge in [0.25, 0.3) is 5.56 Å². The maximum absolute atomic E-state index is 11.8. The van der Waals surface area contributed by atoms with Gasteiger partial charge >= 0.3 is 0 Å². The number of aromatic amines is 1. The normalized spacial score (nSPS) is 12.6. The number of aromatic nitrogens is 1. The first-order chi connectivity index (χ1) is 8.47. The second-order valence-electron chi connectivity index (χ2n) is 4.07. The van der Waals surface area contributed by atoms with Gasteiger partial charge in [0.1, 0.15) is 0 Å². The summed E-state index contributed by atoms with van der Waals surface area (Å²) in [6.45, 7) is 0. The zero-order valence-electron chi connectivity index (χ0n) is 9.44. The van der Waals surface area contributed by atoms with Gasteiger partial charge in [0.05, 0.1) is 6.04 Å². The molecule has 94 valence electrons. The molecule has 1 aromatic heterocycles. The van der Waals surface area contributed by atoms with Crippen LogP contribution in [0.3, 0.4) is 0 Å². The fourth-order valence-electron chi connectivity index (χ4n) is 1.71. The van der Waals surface area contributed by atoms with Gasteiger partial charge in [0, 0.05) is 22.5 Å². The Kier molecular flexibility index (Phi) is 3.36. The van der Waals surface area contributed by atoms with E-state index in [-0.39, 0.29) is 12.0 Å². The summed E-state index contributed by atoms with van der Waals surface area (Å²) in [4.78, 5) is 25.4. The molecular weight excluding hydrogens is 254 g/mol. The lowest BCUT2D eigenvalue weighted by Crippen LogP contribution is -2.39. The highest BCUT2D eigenvalue weighted by atomic mass is 35.5. The molecule has 18 heavy (non-hydrogen) atoms. The van der Waals surface area contributed by atoms with Gasteiger partial charge in [-0.25, -0.2) is 0 Å². The average molecular weight is 266 g/mol. The smallest absolute Gasteiger partial charge is 0.251 e. The van der Waals surface area contributed by atoms with Crippen LogP contribution in [0.4, 0.5) is 0 Å². The van der Waals surface area contributed by atoms with Crippen molar-refractivity contribution >= 4 is 28.4 Å². The Bertz CT molecular complexity index is 666. The number of nitrogens with two attached hydrogens (primary N) is 2. The number of hydrogen-bond donors (Lipinski definition) is 3. The average Bonchev–Trinajstić information content (AvgIpc) is 2.30. The predicted octanol–water partition coefficient (Wildman–Crippen LogP) is 0.537. The van der Waals surface area contributed by atoms with Gasteiger partial charge in [0.2, 0.25) is 5.91 Å². The number of pyridine rings is 1. The van der Waals surface area contributed by atoms with Crippen molar-refractivity contribution in [2.75, 3.05) is 0 Å². The first-order valence-electron chi connectivity index (χ1n) is 5.34. The van der Waals surface area contributed by atoms with E-state index in [2.05, 4.69) is 4.98 Å². The lowest BCUT2D eigenvalue weighted by atomic mass is 10.1. The first kappa shape index (κ1) is 12.6. The maximum Gasteiger partial charge on any atom is 0.251 e. The van der Waals surface area contributed by atoms with Crippen LogP contribution >= 0.6 is 11.6 Å². The summed E-state index contributed by atoms with van der Waals surface area (Å²) in [5.74, 6) is -0.634. The Morgan fingerprint density at radius 2 is 2.11 bits per heavy atom. The number of primary amides is 1. The van der Waals surface area contributed by atoms with E-state index >= 15 is 0 Å². The monoisotopic (exact) mass is 265 g/mol. The van der Waals surface area contributed by atoms with E-state index < -0.39 is 11.9 Å². The number of halogens is 1. The van der Waals surface area contributed by atoms with E-state index in [0.717, 1.165) is 5.39 Å². The zero-order valence-corrected chi connectivity index (χ0v) is 10.2. The lowest BCUT2D eigenvalue weighted by molar-refractivity contribution is -0.119. The second kappa shape index (κ2) is 4.80. The van der Waals surface area contributed by atoms with E-state index in [4.69, 9.17) is 23.1 Å². The van der Waals surface area contributed by atoms with Crippen LogP contribution in [0, 0.1) is 0 Å². The molecule has 5 nitrogen and oxygen atoms in total. The minimum absolute atomic E-state index is 0.114. The Morgan fingerprint density at radius 1 is 1.39 bits per heavy atom. The number of carbonyl (C=O) groups is 1. The van der Waals surface area contributed by atoms with Crippen LogP contribution in [0.15, 0.2) is 29.1 Å². The van der Waals surface area contributed by atoms with Crippen LogP contribution < -0.4 is 17.0 Å². The van der Waals surface area contributed by atoms with Crippen molar-refractivity contribution < 1.29 is 4.79 Å². The molecule has 2 rings (SSSR count). The quantitative estimate of drug-likeness (QED) is 0.755. The third kappa shape index (κ3) is 2.52. The van der Waals surface area contributed by atoms with Gasteiger partial charge in [-0.2, -0.15) is 0 Å². The molecule has 6 heteroatoms. The number of carbonyl (C=O) groups excluding carboxylic acids is 1. The molecule has 1 heterocycles. The highest BCUT2D eigenvalue weighted by molar-refractivity contribution is 6.31. The van der Waals surface area contributed by atoms with Crippen LogP contribution in [-0.2, 0) is 11.2 Å². The summed E-state index contributed by atoms with van der Waals surface area (Å²) in [5.41, 5.74) is 11.4. The molecule has 2 aromatic rings. The van der Waals surface area contributed by atoms with Crippen LogP contribution in [0.5, 0.6) is 0 Å². The van der Waals surface area contributed by atoms with Crippen molar-refractivity contribution in [3.8, 4) is 0 Å². The summed E-state index contributed by atoms with van der Waals surface area (Å²) in [7, 11) is 0. The van der Waals surface area contributed by atoms with Crippen molar-refractivity contribution in [2.24, 2.45) is 11.5 Å². The highest BCUT2D eigenvalue weighted by Crippen LogP contribution is 2.17. The summed E-state index contributed by atoms with van der Waals surface area (Å²) in [6, 6.07) is 5.99. The van der Waals surface area contributed by atoms with Crippen molar-refractivity contribution in [3.63, 3.8) is 0 Å². The third-order valence-corrected chi connectivity index (χ3v) is 2.93. The molecule has 1 unspecified atom stereocenters. The third-order valence-electron chi connectivity index (χ3n) is 2.69. The minimum Gasteiger partial charge on any atom is -0.368 e. The first-order valence-corrected chi connectivity index (χ1v) is 5.71. The highest BCUT2D eigenvalue weighted by Gasteiger charge is 2.13. The van der Waals surface area contributed by atoms with Gasteiger partial charge in [-0.15, -0.1) is 0 Å². The standard InChI is InChI=1S/C12H12ClN3O2/c13-8-2-1-6-3-7(4-9(14)11(15)17)12(18)16-10(6)5-8/h1-3,5,9H,4,14H2,(H2,15,17)(H,16,18). The molecule has 0 radical (unpaired) electrons. The van der Waals surface area contributed by atoms with Gasteiger partial charge in [-0.3, -0.25) is 9.59 Å². The van der Waals surface area contributed by atoms with Crippen molar-refractivity contribution in [2.45, 2.75) is 12.5 Å². The number of H-pyrrole nitrogens is 1. The van der Waals surface area contributed by atoms with Crippen LogP contribution in [0.25, 0.3) is 10.9 Å². The molecule has 5 N–H and O–H groups in total. The van der Waals surface area contributed by atoms with E-state index in [1.807, 2.05) is 0 Å². The van der Waals surface area contributed by atoms with Crippen LogP contribution in [0.1, 0.15) is 5.56 Å². The summed E-state index contributed by atoms with van der Waals surface area (Å²) >= 11 is 5.83. The number of rotatable bonds is 3. The number of fused-ring (bicyclic) bond motifs is 1.